The number of fused-ring (bicyclic) bond motifs is 1. The van der Waals surface area contributed by atoms with Gasteiger partial charge in [0.1, 0.15) is 18.1 Å². The number of nitrogens with zero attached hydrogens (tertiary/aromatic N) is 2. The predicted molar refractivity (Wildman–Crippen MR) is 144 cm³/mol. The van der Waals surface area contributed by atoms with Crippen molar-refractivity contribution >= 4 is 48.9 Å². The Morgan fingerprint density at radius 2 is 1.76 bits per heavy atom. The van der Waals surface area contributed by atoms with E-state index in [1.807, 2.05) is 20.8 Å². The summed E-state index contributed by atoms with van der Waals surface area (Å²) in [6, 6.07) is 15.8. The molecule has 0 radical (unpaired) electrons. The highest BCUT2D eigenvalue weighted by Crippen LogP contribution is 2.27. The molecule has 194 valence electrons. The molecule has 0 atom stereocenters. The van der Waals surface area contributed by atoms with Gasteiger partial charge in [0.15, 0.2) is 0 Å². The first-order valence-corrected chi connectivity index (χ1v) is 13.8. The average molecular weight is 544 g/mol. The van der Waals surface area contributed by atoms with Gasteiger partial charge in [0.2, 0.25) is 5.91 Å². The van der Waals surface area contributed by atoms with Crippen LogP contribution in [0.1, 0.15) is 26.8 Å². The number of sulfonamides is 1. The first kappa shape index (κ1) is 26.4. The van der Waals surface area contributed by atoms with Crippen molar-refractivity contribution in [3.63, 3.8) is 0 Å². The van der Waals surface area contributed by atoms with Gasteiger partial charge in [-0.25, -0.2) is 12.8 Å². The van der Waals surface area contributed by atoms with Crippen molar-refractivity contribution in [3.05, 3.63) is 82.2 Å². The van der Waals surface area contributed by atoms with Crippen LogP contribution in [0, 0.1) is 5.82 Å². The molecule has 4 aromatic rings. The Morgan fingerprint density at radius 3 is 2.38 bits per heavy atom. The van der Waals surface area contributed by atoms with Crippen molar-refractivity contribution < 1.29 is 22.3 Å². The standard InChI is InChI=1S/C26H26FN3O5S2/c1-4-35-21-10-8-20(9-11-21)29(37(33,34)22-12-5-18(27)6-13-22)16-25(31)28-19-7-14-23-24(15-19)36-26(32)30(23)17(2)3/h5-15,17H,4,16H2,1-3H3,(H,28,31). The van der Waals surface area contributed by atoms with Crippen LogP contribution in [0.4, 0.5) is 15.8 Å². The monoisotopic (exact) mass is 543 g/mol. The number of hydrogen-bond acceptors (Lipinski definition) is 6. The fraction of sp³-hybridized carbons (Fsp3) is 0.231. The topological polar surface area (TPSA) is 97.7 Å². The summed E-state index contributed by atoms with van der Waals surface area (Å²) in [5, 5.41) is 2.72. The molecule has 0 unspecified atom stereocenters. The number of hydrogen-bond donors (Lipinski definition) is 1. The van der Waals surface area contributed by atoms with Gasteiger partial charge in [-0.15, -0.1) is 0 Å². The number of halogens is 1. The Morgan fingerprint density at radius 1 is 1.08 bits per heavy atom. The van der Waals surface area contributed by atoms with Gasteiger partial charge in [-0.2, -0.15) is 0 Å². The van der Waals surface area contributed by atoms with E-state index < -0.39 is 28.3 Å². The molecule has 11 heteroatoms. The van der Waals surface area contributed by atoms with Gasteiger partial charge >= 0.3 is 4.87 Å². The third kappa shape index (κ3) is 5.67. The maximum atomic E-state index is 13.5. The van der Waals surface area contributed by atoms with Crippen LogP contribution in [-0.2, 0) is 14.8 Å². The van der Waals surface area contributed by atoms with Crippen LogP contribution in [0.25, 0.3) is 10.2 Å². The largest absolute Gasteiger partial charge is 0.494 e. The van der Waals surface area contributed by atoms with Crippen LogP contribution in [0.5, 0.6) is 5.75 Å². The molecule has 0 fully saturated rings. The summed E-state index contributed by atoms with van der Waals surface area (Å²) in [5.74, 6) is -0.613. The van der Waals surface area contributed by atoms with E-state index in [1.54, 1.807) is 34.9 Å². The zero-order chi connectivity index (χ0) is 26.7. The first-order valence-electron chi connectivity index (χ1n) is 11.6. The van der Waals surface area contributed by atoms with Crippen molar-refractivity contribution in [2.75, 3.05) is 22.8 Å². The van der Waals surface area contributed by atoms with E-state index in [0.29, 0.717) is 22.7 Å². The molecular formula is C26H26FN3O5S2. The molecular weight excluding hydrogens is 517 g/mol. The van der Waals surface area contributed by atoms with Crippen LogP contribution in [-0.4, -0.2) is 32.0 Å². The summed E-state index contributed by atoms with van der Waals surface area (Å²) in [6.07, 6.45) is 0. The minimum absolute atomic E-state index is 0.0129. The second kappa shape index (κ2) is 10.7. The van der Waals surface area contributed by atoms with E-state index in [0.717, 1.165) is 45.4 Å². The highest BCUT2D eigenvalue weighted by molar-refractivity contribution is 7.92. The van der Waals surface area contributed by atoms with Crippen molar-refractivity contribution in [2.45, 2.75) is 31.7 Å². The van der Waals surface area contributed by atoms with Crippen LogP contribution in [0.2, 0.25) is 0 Å². The normalized spacial score (nSPS) is 11.6. The van der Waals surface area contributed by atoms with Crippen molar-refractivity contribution in [3.8, 4) is 5.75 Å². The molecule has 0 saturated heterocycles. The lowest BCUT2D eigenvalue weighted by Crippen LogP contribution is -2.38. The van der Waals surface area contributed by atoms with Gasteiger partial charge in [0, 0.05) is 11.7 Å². The molecule has 3 aromatic carbocycles. The summed E-state index contributed by atoms with van der Waals surface area (Å²) >= 11 is 1.07. The fourth-order valence-corrected chi connectivity index (χ4v) is 6.33. The highest BCUT2D eigenvalue weighted by Gasteiger charge is 2.27. The molecule has 0 aliphatic rings. The van der Waals surface area contributed by atoms with E-state index in [-0.39, 0.29) is 21.5 Å². The number of thiazole rings is 1. The third-order valence-electron chi connectivity index (χ3n) is 5.54. The summed E-state index contributed by atoms with van der Waals surface area (Å²) in [4.78, 5) is 25.1. The quantitative estimate of drug-likeness (QED) is 0.320. The SMILES string of the molecule is CCOc1ccc(N(CC(=O)Nc2ccc3c(c2)sc(=O)n3C(C)C)S(=O)(=O)c2ccc(F)cc2)cc1. The Labute approximate surface area is 218 Å². The lowest BCUT2D eigenvalue weighted by molar-refractivity contribution is -0.114. The van der Waals surface area contributed by atoms with Crippen LogP contribution >= 0.6 is 11.3 Å². The van der Waals surface area contributed by atoms with Gasteiger partial charge < -0.3 is 10.1 Å². The molecule has 4 rings (SSSR count). The van der Waals surface area contributed by atoms with E-state index >= 15 is 0 Å². The summed E-state index contributed by atoms with van der Waals surface area (Å²) in [5.41, 5.74) is 1.43. The van der Waals surface area contributed by atoms with Gasteiger partial charge in [0.25, 0.3) is 10.0 Å². The zero-order valence-electron chi connectivity index (χ0n) is 20.5. The number of nitrogens with one attached hydrogen (secondary N) is 1. The minimum Gasteiger partial charge on any atom is -0.494 e. The van der Waals surface area contributed by atoms with Gasteiger partial charge in [-0.05, 0) is 87.5 Å². The number of benzene rings is 3. The molecule has 1 aromatic heterocycles. The molecule has 37 heavy (non-hydrogen) atoms. The maximum Gasteiger partial charge on any atom is 0.308 e. The smallest absolute Gasteiger partial charge is 0.308 e. The molecule has 0 aliphatic carbocycles. The summed E-state index contributed by atoms with van der Waals surface area (Å²) in [6.45, 7) is 5.58. The van der Waals surface area contributed by atoms with Crippen molar-refractivity contribution in [2.24, 2.45) is 0 Å². The molecule has 0 aliphatic heterocycles. The Kier molecular flexibility index (Phi) is 7.65. The number of ether oxygens (including phenoxy) is 1. The Hall–Kier alpha value is -3.70. The van der Waals surface area contributed by atoms with E-state index in [2.05, 4.69) is 5.32 Å². The first-order chi connectivity index (χ1) is 17.6. The van der Waals surface area contributed by atoms with E-state index in [4.69, 9.17) is 4.74 Å². The summed E-state index contributed by atoms with van der Waals surface area (Å²) < 4.78 is 49.2. The number of amides is 1. The number of anilines is 2. The Balaban J connectivity index is 1.64. The second-order valence-electron chi connectivity index (χ2n) is 8.45. The zero-order valence-corrected chi connectivity index (χ0v) is 22.1. The van der Waals surface area contributed by atoms with Crippen LogP contribution in [0.15, 0.2) is 76.4 Å². The fourth-order valence-electron chi connectivity index (χ4n) is 3.86. The second-order valence-corrected chi connectivity index (χ2v) is 11.3. The molecule has 1 heterocycles. The molecule has 0 spiro atoms. The number of carbonyl (C=O) groups is 1. The molecule has 1 N–H and O–H groups in total. The van der Waals surface area contributed by atoms with Crippen LogP contribution in [0.3, 0.4) is 0 Å². The predicted octanol–water partition coefficient (Wildman–Crippen LogP) is 5.02. The van der Waals surface area contributed by atoms with Gasteiger partial charge in [-0.3, -0.25) is 18.5 Å². The molecule has 0 bridgehead atoms. The molecule has 8 nitrogen and oxygen atoms in total. The molecule has 1 amide bonds. The third-order valence-corrected chi connectivity index (χ3v) is 8.24. The van der Waals surface area contributed by atoms with Crippen molar-refractivity contribution in [1.82, 2.24) is 4.57 Å². The lowest BCUT2D eigenvalue weighted by atomic mass is 10.2. The number of carbonyl (C=O) groups excluding carboxylic acids is 1. The minimum atomic E-state index is -4.21. The van der Waals surface area contributed by atoms with Gasteiger partial charge in [-0.1, -0.05) is 11.3 Å². The highest BCUT2D eigenvalue weighted by atomic mass is 32.2. The molecule has 0 saturated carbocycles. The summed E-state index contributed by atoms with van der Waals surface area (Å²) in [7, 11) is -4.21. The van der Waals surface area contributed by atoms with Gasteiger partial charge in [0.05, 0.1) is 27.4 Å². The number of aromatic nitrogens is 1. The Bertz CT molecular complexity index is 1580. The van der Waals surface area contributed by atoms with E-state index in [1.165, 1.54) is 12.1 Å². The van der Waals surface area contributed by atoms with Crippen LogP contribution < -0.4 is 19.2 Å². The van der Waals surface area contributed by atoms with Crippen molar-refractivity contribution in [1.29, 1.82) is 0 Å². The average Bonchev–Trinajstić information content (AvgIpc) is 3.18. The number of rotatable bonds is 9. The maximum absolute atomic E-state index is 13.5. The lowest BCUT2D eigenvalue weighted by Gasteiger charge is -2.24. The van der Waals surface area contributed by atoms with E-state index in [9.17, 15) is 22.4 Å².